The molecule has 2 atom stereocenters. The zero-order chi connectivity index (χ0) is 14.8. The molecule has 4 rings (SSSR count). The molecule has 0 N–H and O–H groups in total. The third kappa shape index (κ3) is 3.10. The lowest BCUT2D eigenvalue weighted by molar-refractivity contribution is 0.135. The summed E-state index contributed by atoms with van der Waals surface area (Å²) in [6.45, 7) is 10.0. The van der Waals surface area contributed by atoms with Crippen LogP contribution in [-0.2, 0) is 0 Å². The van der Waals surface area contributed by atoms with Crippen LogP contribution in [0.25, 0.3) is 0 Å². The van der Waals surface area contributed by atoms with E-state index in [0.29, 0.717) is 0 Å². The fraction of sp³-hybridized carbons (Fsp3) is 0.765. The van der Waals surface area contributed by atoms with Gasteiger partial charge < -0.3 is 14.7 Å². The van der Waals surface area contributed by atoms with E-state index in [0.717, 1.165) is 24.2 Å². The molecule has 3 fully saturated rings. The van der Waals surface area contributed by atoms with Gasteiger partial charge in [-0.25, -0.2) is 4.98 Å². The Bertz CT molecular complexity index is 473. The summed E-state index contributed by atoms with van der Waals surface area (Å²) in [4.78, 5) is 16.4. The van der Waals surface area contributed by atoms with Crippen molar-refractivity contribution in [1.29, 1.82) is 0 Å². The van der Waals surface area contributed by atoms with E-state index in [9.17, 15) is 0 Å². The largest absolute Gasteiger partial charge is 0.355 e. The van der Waals surface area contributed by atoms with Gasteiger partial charge in [-0.1, -0.05) is 0 Å². The Labute approximate surface area is 133 Å². The van der Waals surface area contributed by atoms with Crippen molar-refractivity contribution < 1.29 is 0 Å². The van der Waals surface area contributed by atoms with Crippen LogP contribution in [0.1, 0.15) is 19.3 Å². The number of likely N-dealkylation sites (tertiary alicyclic amines) is 2. The summed E-state index contributed by atoms with van der Waals surface area (Å²) < 4.78 is 0. The summed E-state index contributed by atoms with van der Waals surface area (Å²) in [5, 5.41) is 0. The van der Waals surface area contributed by atoms with E-state index >= 15 is 0 Å². The maximum absolute atomic E-state index is 4.47. The van der Waals surface area contributed by atoms with Crippen LogP contribution in [-0.4, -0.2) is 72.1 Å². The number of aromatic nitrogens is 2. The van der Waals surface area contributed by atoms with Gasteiger partial charge in [0.2, 0.25) is 0 Å². The van der Waals surface area contributed by atoms with Crippen LogP contribution in [0.15, 0.2) is 18.6 Å². The van der Waals surface area contributed by atoms with Crippen molar-refractivity contribution in [2.75, 3.05) is 57.3 Å². The Morgan fingerprint density at radius 3 is 2.55 bits per heavy atom. The molecule has 3 aliphatic rings. The summed E-state index contributed by atoms with van der Waals surface area (Å²) in [6.07, 6.45) is 9.62. The van der Waals surface area contributed by atoms with Gasteiger partial charge in [-0.3, -0.25) is 4.98 Å². The van der Waals surface area contributed by atoms with E-state index in [1.807, 2.05) is 6.20 Å². The fourth-order valence-electron chi connectivity index (χ4n) is 4.38. The van der Waals surface area contributed by atoms with Crippen molar-refractivity contribution in [3.8, 4) is 0 Å². The smallest absolute Gasteiger partial charge is 0.147 e. The van der Waals surface area contributed by atoms with Gasteiger partial charge in [0.25, 0.3) is 0 Å². The summed E-state index contributed by atoms with van der Waals surface area (Å²) in [7, 11) is 0. The normalized spacial score (nSPS) is 29.9. The second kappa shape index (κ2) is 6.50. The molecule has 1 aromatic heterocycles. The standard InChI is InChI=1S/C17H27N5/c1-2-7-20(6-1)9-10-21-8-3-15-13-22(14-16(15)12-21)17-11-18-4-5-19-17/h4-5,11,15-16H,1-3,6-10,12-14H2/t15-,16+/m0/s1. The van der Waals surface area contributed by atoms with Crippen molar-refractivity contribution in [3.05, 3.63) is 18.6 Å². The third-order valence-corrected chi connectivity index (χ3v) is 5.69. The van der Waals surface area contributed by atoms with E-state index in [1.54, 1.807) is 12.4 Å². The number of rotatable bonds is 4. The predicted molar refractivity (Wildman–Crippen MR) is 88.0 cm³/mol. The molecule has 0 aliphatic carbocycles. The van der Waals surface area contributed by atoms with Crippen LogP contribution in [0, 0.1) is 11.8 Å². The molecule has 0 spiro atoms. The van der Waals surface area contributed by atoms with Crippen molar-refractivity contribution in [3.63, 3.8) is 0 Å². The highest BCUT2D eigenvalue weighted by atomic mass is 15.3. The van der Waals surface area contributed by atoms with Crippen molar-refractivity contribution in [2.24, 2.45) is 11.8 Å². The van der Waals surface area contributed by atoms with Crippen LogP contribution >= 0.6 is 0 Å². The van der Waals surface area contributed by atoms with E-state index in [2.05, 4.69) is 24.7 Å². The van der Waals surface area contributed by atoms with Gasteiger partial charge in [-0.05, 0) is 50.7 Å². The third-order valence-electron chi connectivity index (χ3n) is 5.69. The molecule has 22 heavy (non-hydrogen) atoms. The molecule has 120 valence electrons. The minimum atomic E-state index is 0.814. The number of nitrogens with zero attached hydrogens (tertiary/aromatic N) is 5. The number of fused-ring (bicyclic) bond motifs is 1. The molecule has 0 amide bonds. The van der Waals surface area contributed by atoms with Crippen molar-refractivity contribution >= 4 is 5.82 Å². The van der Waals surface area contributed by atoms with Crippen LogP contribution in [0.3, 0.4) is 0 Å². The number of hydrogen-bond acceptors (Lipinski definition) is 5. The van der Waals surface area contributed by atoms with Crippen LogP contribution < -0.4 is 4.90 Å². The second-order valence-corrected chi connectivity index (χ2v) is 7.13. The molecule has 5 nitrogen and oxygen atoms in total. The van der Waals surface area contributed by atoms with Gasteiger partial charge in [-0.15, -0.1) is 0 Å². The molecule has 0 aromatic carbocycles. The second-order valence-electron chi connectivity index (χ2n) is 7.13. The lowest BCUT2D eigenvalue weighted by atomic mass is 9.89. The molecular weight excluding hydrogens is 274 g/mol. The van der Waals surface area contributed by atoms with Crippen molar-refractivity contribution in [1.82, 2.24) is 19.8 Å². The zero-order valence-electron chi connectivity index (χ0n) is 13.4. The first-order valence-corrected chi connectivity index (χ1v) is 8.84. The van der Waals surface area contributed by atoms with Gasteiger partial charge in [0.15, 0.2) is 0 Å². The first kappa shape index (κ1) is 14.4. The van der Waals surface area contributed by atoms with E-state index in [4.69, 9.17) is 0 Å². The predicted octanol–water partition coefficient (Wildman–Crippen LogP) is 1.33. The van der Waals surface area contributed by atoms with Gasteiger partial charge in [0.05, 0.1) is 6.20 Å². The highest BCUT2D eigenvalue weighted by Crippen LogP contribution is 2.32. The Balaban J connectivity index is 1.30. The average Bonchev–Trinajstić information content (AvgIpc) is 3.22. The summed E-state index contributed by atoms with van der Waals surface area (Å²) in [5.41, 5.74) is 0. The Kier molecular flexibility index (Phi) is 4.26. The van der Waals surface area contributed by atoms with E-state index in [-0.39, 0.29) is 0 Å². The van der Waals surface area contributed by atoms with Gasteiger partial charge >= 0.3 is 0 Å². The van der Waals surface area contributed by atoms with E-state index in [1.165, 1.54) is 65.1 Å². The van der Waals surface area contributed by atoms with Gasteiger partial charge in [-0.2, -0.15) is 0 Å². The number of anilines is 1. The quantitative estimate of drug-likeness (QED) is 0.838. The van der Waals surface area contributed by atoms with E-state index < -0.39 is 0 Å². The molecule has 0 unspecified atom stereocenters. The maximum Gasteiger partial charge on any atom is 0.147 e. The SMILES string of the molecule is c1cnc(N2C[C@H]3CN(CCN4CCCC4)CC[C@H]3C2)cn1. The zero-order valence-corrected chi connectivity index (χ0v) is 13.4. The molecule has 0 saturated carbocycles. The topological polar surface area (TPSA) is 35.5 Å². The summed E-state index contributed by atoms with van der Waals surface area (Å²) in [6, 6.07) is 0. The molecule has 1 aromatic rings. The Hall–Kier alpha value is -1.20. The highest BCUT2D eigenvalue weighted by Gasteiger charge is 2.37. The lowest BCUT2D eigenvalue weighted by Crippen LogP contribution is -2.43. The van der Waals surface area contributed by atoms with Crippen LogP contribution in [0.4, 0.5) is 5.82 Å². The average molecular weight is 301 g/mol. The number of hydrogen-bond donors (Lipinski definition) is 0. The maximum atomic E-state index is 4.47. The number of piperidine rings is 1. The highest BCUT2D eigenvalue weighted by molar-refractivity contribution is 5.37. The molecule has 3 saturated heterocycles. The lowest BCUT2D eigenvalue weighted by Gasteiger charge is -2.35. The Morgan fingerprint density at radius 1 is 0.909 bits per heavy atom. The Morgan fingerprint density at radius 2 is 1.73 bits per heavy atom. The first-order chi connectivity index (χ1) is 10.9. The first-order valence-electron chi connectivity index (χ1n) is 8.84. The van der Waals surface area contributed by atoms with Crippen LogP contribution in [0.2, 0.25) is 0 Å². The molecule has 0 bridgehead atoms. The monoisotopic (exact) mass is 301 g/mol. The van der Waals surface area contributed by atoms with Gasteiger partial charge in [0, 0.05) is 45.1 Å². The summed E-state index contributed by atoms with van der Waals surface area (Å²) in [5.74, 6) is 2.72. The molecule has 5 heteroatoms. The van der Waals surface area contributed by atoms with Crippen LogP contribution in [0.5, 0.6) is 0 Å². The molecule has 4 heterocycles. The summed E-state index contributed by atoms with van der Waals surface area (Å²) >= 11 is 0. The minimum Gasteiger partial charge on any atom is -0.355 e. The minimum absolute atomic E-state index is 0.814. The van der Waals surface area contributed by atoms with Gasteiger partial charge in [0.1, 0.15) is 5.82 Å². The molecular formula is C17H27N5. The molecule has 3 aliphatic heterocycles. The molecule has 0 radical (unpaired) electrons. The fourth-order valence-corrected chi connectivity index (χ4v) is 4.38. The van der Waals surface area contributed by atoms with Crippen molar-refractivity contribution in [2.45, 2.75) is 19.3 Å².